The first-order valence-corrected chi connectivity index (χ1v) is 10.1. The molecule has 9 nitrogen and oxygen atoms in total. The number of nitriles is 1. The Bertz CT molecular complexity index is 1250. The van der Waals surface area contributed by atoms with Crippen molar-refractivity contribution in [1.82, 2.24) is 9.13 Å². The predicted molar refractivity (Wildman–Crippen MR) is 113 cm³/mol. The fourth-order valence-electron chi connectivity index (χ4n) is 4.33. The van der Waals surface area contributed by atoms with E-state index in [0.29, 0.717) is 53.6 Å². The van der Waals surface area contributed by atoms with E-state index < -0.39 is 4.92 Å². The number of aliphatic hydroxyl groups is 1. The van der Waals surface area contributed by atoms with E-state index in [9.17, 15) is 25.3 Å². The molecule has 4 rings (SSSR count). The summed E-state index contributed by atoms with van der Waals surface area (Å²) >= 11 is 0. The Morgan fingerprint density at radius 3 is 2.58 bits per heavy atom. The lowest BCUT2D eigenvalue weighted by atomic mass is 9.93. The number of aromatic nitrogens is 2. The number of aliphatic hydroxyl groups excluding tert-OH is 1. The highest BCUT2D eigenvalue weighted by Gasteiger charge is 2.26. The van der Waals surface area contributed by atoms with E-state index in [-0.39, 0.29) is 30.1 Å². The molecule has 1 N–H and O–H groups in total. The Kier molecular flexibility index (Phi) is 5.48. The molecule has 1 heterocycles. The lowest BCUT2D eigenvalue weighted by Gasteiger charge is -2.26. The number of nitrogens with zero attached hydrogens (tertiary/aromatic N) is 4. The molecule has 0 spiro atoms. The average Bonchev–Trinajstić information content (AvgIpc) is 3.05. The highest BCUT2D eigenvalue weighted by Crippen LogP contribution is 2.32. The zero-order chi connectivity index (χ0) is 22.1. The van der Waals surface area contributed by atoms with Crippen LogP contribution >= 0.6 is 0 Å². The molecule has 0 bridgehead atoms. The summed E-state index contributed by atoms with van der Waals surface area (Å²) in [5.74, 6) is 0.442. The van der Waals surface area contributed by atoms with Gasteiger partial charge in [-0.1, -0.05) is 6.07 Å². The van der Waals surface area contributed by atoms with Crippen LogP contribution in [0.5, 0.6) is 5.75 Å². The minimum atomic E-state index is -0.482. The van der Waals surface area contributed by atoms with Gasteiger partial charge in [-0.25, -0.2) is 4.79 Å². The van der Waals surface area contributed by atoms with Crippen LogP contribution in [0.25, 0.3) is 11.0 Å². The van der Waals surface area contributed by atoms with Gasteiger partial charge in [0.15, 0.2) is 0 Å². The van der Waals surface area contributed by atoms with Crippen LogP contribution in [-0.4, -0.2) is 32.4 Å². The Hall–Kier alpha value is -3.64. The van der Waals surface area contributed by atoms with Crippen molar-refractivity contribution in [3.8, 4) is 11.8 Å². The molecular weight excluding hydrogens is 400 g/mol. The number of imidazole rings is 1. The number of rotatable bonds is 5. The molecule has 0 saturated heterocycles. The highest BCUT2D eigenvalue weighted by molar-refractivity contribution is 5.79. The molecule has 160 valence electrons. The second-order valence-electron chi connectivity index (χ2n) is 7.78. The molecule has 1 aromatic heterocycles. The van der Waals surface area contributed by atoms with E-state index in [1.165, 1.54) is 23.8 Å². The second-order valence-corrected chi connectivity index (χ2v) is 7.78. The normalized spacial score (nSPS) is 18.6. The number of hydrogen-bond acceptors (Lipinski definition) is 6. The van der Waals surface area contributed by atoms with Gasteiger partial charge in [-0.15, -0.1) is 0 Å². The van der Waals surface area contributed by atoms with Crippen LogP contribution in [0.4, 0.5) is 5.69 Å². The molecule has 1 aliphatic carbocycles. The molecule has 31 heavy (non-hydrogen) atoms. The van der Waals surface area contributed by atoms with Crippen molar-refractivity contribution in [2.75, 3.05) is 7.11 Å². The number of hydrogen-bond donors (Lipinski definition) is 1. The van der Waals surface area contributed by atoms with Gasteiger partial charge in [0.1, 0.15) is 11.8 Å². The molecule has 1 aliphatic rings. The maximum atomic E-state index is 13.4. The Morgan fingerprint density at radius 2 is 1.94 bits per heavy atom. The Morgan fingerprint density at radius 1 is 1.19 bits per heavy atom. The third kappa shape index (κ3) is 3.78. The molecule has 9 heteroatoms. The number of benzene rings is 2. The maximum Gasteiger partial charge on any atom is 0.329 e. The van der Waals surface area contributed by atoms with Crippen molar-refractivity contribution in [3.05, 3.63) is 68.1 Å². The van der Waals surface area contributed by atoms with E-state index in [4.69, 9.17) is 4.74 Å². The molecular formula is C22H22N4O5. The number of methoxy groups -OCH3 is 1. The van der Waals surface area contributed by atoms with Crippen molar-refractivity contribution in [3.63, 3.8) is 0 Å². The molecule has 0 atom stereocenters. The maximum absolute atomic E-state index is 13.4. The van der Waals surface area contributed by atoms with Crippen LogP contribution in [0.15, 0.2) is 41.2 Å². The first kappa shape index (κ1) is 20.6. The topological polar surface area (TPSA) is 123 Å². The third-order valence-corrected chi connectivity index (χ3v) is 5.91. The molecule has 1 saturated carbocycles. The van der Waals surface area contributed by atoms with Gasteiger partial charge < -0.3 is 9.84 Å². The van der Waals surface area contributed by atoms with Crippen LogP contribution in [0.3, 0.4) is 0 Å². The lowest BCUT2D eigenvalue weighted by Crippen LogP contribution is -2.31. The summed E-state index contributed by atoms with van der Waals surface area (Å²) in [6.07, 6.45) is 2.20. The smallest absolute Gasteiger partial charge is 0.329 e. The van der Waals surface area contributed by atoms with Crippen molar-refractivity contribution in [2.24, 2.45) is 0 Å². The minimum absolute atomic E-state index is 0.0772. The van der Waals surface area contributed by atoms with Crippen LogP contribution in [0, 0.1) is 21.4 Å². The van der Waals surface area contributed by atoms with Gasteiger partial charge in [0.2, 0.25) is 0 Å². The van der Waals surface area contributed by atoms with E-state index in [1.54, 1.807) is 28.8 Å². The Balaban J connectivity index is 1.85. The monoisotopic (exact) mass is 422 g/mol. The first-order chi connectivity index (χ1) is 14.9. The number of nitro groups is 1. The number of nitro benzene ring substituents is 1. The van der Waals surface area contributed by atoms with Crippen LogP contribution in [-0.2, 0) is 6.54 Å². The van der Waals surface area contributed by atoms with Crippen LogP contribution < -0.4 is 10.4 Å². The summed E-state index contributed by atoms with van der Waals surface area (Å²) in [5.41, 5.74) is 1.81. The van der Waals surface area contributed by atoms with Gasteiger partial charge in [0, 0.05) is 18.2 Å². The zero-order valence-corrected chi connectivity index (χ0v) is 17.0. The summed E-state index contributed by atoms with van der Waals surface area (Å²) in [7, 11) is 1.48. The molecule has 0 radical (unpaired) electrons. The minimum Gasteiger partial charge on any atom is -0.495 e. The number of non-ortho nitro benzene ring substituents is 1. The van der Waals surface area contributed by atoms with E-state index in [2.05, 4.69) is 6.07 Å². The van der Waals surface area contributed by atoms with Gasteiger partial charge >= 0.3 is 5.69 Å². The number of ether oxygens (including phenoxy) is 1. The molecule has 0 aliphatic heterocycles. The quantitative estimate of drug-likeness (QED) is 0.498. The fourth-order valence-corrected chi connectivity index (χ4v) is 4.33. The Labute approximate surface area is 177 Å². The summed E-state index contributed by atoms with van der Waals surface area (Å²) in [6.45, 7) is 0.164. The third-order valence-electron chi connectivity index (χ3n) is 5.91. The van der Waals surface area contributed by atoms with Gasteiger partial charge in [0.05, 0.1) is 41.3 Å². The SMILES string of the molecule is COc1ccc(Cn2c(=O)n([C@H]3CC[C@H](O)CC3)c3ccc([N+](=O)[O-])cc32)cc1C#N. The fraction of sp³-hybridized carbons (Fsp3) is 0.364. The summed E-state index contributed by atoms with van der Waals surface area (Å²) in [4.78, 5) is 24.3. The number of fused-ring (bicyclic) bond motifs is 1. The predicted octanol–water partition coefficient (Wildman–Crippen LogP) is 3.12. The van der Waals surface area contributed by atoms with Crippen molar-refractivity contribution in [2.45, 2.75) is 44.4 Å². The van der Waals surface area contributed by atoms with Gasteiger partial charge in [-0.05, 0) is 49.4 Å². The standard InChI is InChI=1S/C22H22N4O5/c1-31-21-9-2-14(10-15(21)12-23)13-24-20-11-17(26(29)30)5-8-19(20)25(22(24)28)16-3-6-18(27)7-4-16/h2,5,8-11,16,18,27H,3-4,6-7,13H2,1H3/t16-,18-. The molecule has 0 amide bonds. The van der Waals surface area contributed by atoms with Crippen molar-refractivity contribution < 1.29 is 14.8 Å². The second kappa shape index (κ2) is 8.24. The molecule has 0 unspecified atom stereocenters. The average molecular weight is 422 g/mol. The molecule has 1 fully saturated rings. The van der Waals surface area contributed by atoms with Crippen LogP contribution in [0.1, 0.15) is 42.9 Å². The van der Waals surface area contributed by atoms with Crippen molar-refractivity contribution in [1.29, 1.82) is 5.26 Å². The zero-order valence-electron chi connectivity index (χ0n) is 17.0. The largest absolute Gasteiger partial charge is 0.495 e. The van der Waals surface area contributed by atoms with Crippen LogP contribution in [0.2, 0.25) is 0 Å². The van der Waals surface area contributed by atoms with E-state index in [0.717, 1.165) is 0 Å². The summed E-state index contributed by atoms with van der Waals surface area (Å²) in [5, 5.41) is 30.5. The molecule has 3 aromatic rings. The van der Waals surface area contributed by atoms with Gasteiger partial charge in [-0.3, -0.25) is 19.2 Å². The summed E-state index contributed by atoms with van der Waals surface area (Å²) < 4.78 is 8.38. The van der Waals surface area contributed by atoms with Gasteiger partial charge in [0.25, 0.3) is 5.69 Å². The van der Waals surface area contributed by atoms with Crippen molar-refractivity contribution >= 4 is 16.7 Å². The highest BCUT2D eigenvalue weighted by atomic mass is 16.6. The summed E-state index contributed by atoms with van der Waals surface area (Å²) in [6, 6.07) is 11.5. The lowest BCUT2D eigenvalue weighted by molar-refractivity contribution is -0.384. The first-order valence-electron chi connectivity index (χ1n) is 10.1. The van der Waals surface area contributed by atoms with E-state index >= 15 is 0 Å². The van der Waals surface area contributed by atoms with Gasteiger partial charge in [-0.2, -0.15) is 5.26 Å². The molecule has 2 aromatic carbocycles. The van der Waals surface area contributed by atoms with E-state index in [1.807, 2.05) is 0 Å².